The second kappa shape index (κ2) is 10.8. The average Bonchev–Trinajstić information content (AvgIpc) is 2.63. The third-order valence-electron chi connectivity index (χ3n) is 3.81. The summed E-state index contributed by atoms with van der Waals surface area (Å²) in [4.78, 5) is 0. The molecular formula is C19H20Cl4N4S2. The lowest BCUT2D eigenvalue weighted by Gasteiger charge is -2.27. The van der Waals surface area contributed by atoms with E-state index in [9.17, 15) is 0 Å². The van der Waals surface area contributed by atoms with Gasteiger partial charge in [0, 0.05) is 23.1 Å². The molecule has 0 saturated carbocycles. The first kappa shape index (κ1) is 24.3. The fraction of sp³-hybridized carbons (Fsp3) is 0.263. The average molecular weight is 510 g/mol. The Morgan fingerprint density at radius 3 is 1.48 bits per heavy atom. The van der Waals surface area contributed by atoms with E-state index >= 15 is 0 Å². The van der Waals surface area contributed by atoms with Gasteiger partial charge >= 0.3 is 0 Å². The van der Waals surface area contributed by atoms with Gasteiger partial charge in [0.15, 0.2) is 10.2 Å². The van der Waals surface area contributed by atoms with Gasteiger partial charge in [-0.3, -0.25) is 0 Å². The van der Waals surface area contributed by atoms with Gasteiger partial charge in [0.2, 0.25) is 0 Å². The van der Waals surface area contributed by atoms with Crippen molar-refractivity contribution in [2.24, 2.45) is 5.41 Å². The second-order valence-electron chi connectivity index (χ2n) is 7.03. The zero-order chi connectivity index (χ0) is 21.6. The van der Waals surface area contributed by atoms with Crippen LogP contribution in [0, 0.1) is 5.41 Å². The molecule has 0 unspecified atom stereocenters. The van der Waals surface area contributed by atoms with Crippen molar-refractivity contribution in [1.29, 1.82) is 0 Å². The van der Waals surface area contributed by atoms with E-state index < -0.39 is 0 Å². The Balaban J connectivity index is 1.79. The van der Waals surface area contributed by atoms with Gasteiger partial charge in [-0.1, -0.05) is 60.3 Å². The predicted octanol–water partition coefficient (Wildman–Crippen LogP) is 6.60. The molecule has 0 aliphatic rings. The van der Waals surface area contributed by atoms with Crippen LogP contribution in [-0.4, -0.2) is 23.3 Å². The first-order chi connectivity index (χ1) is 13.6. The maximum atomic E-state index is 6.15. The number of hydrogen-bond donors (Lipinski definition) is 4. The molecule has 4 nitrogen and oxygen atoms in total. The summed E-state index contributed by atoms with van der Waals surface area (Å²) in [6.07, 6.45) is 0. The smallest absolute Gasteiger partial charge is 0.170 e. The molecule has 156 valence electrons. The molecule has 29 heavy (non-hydrogen) atoms. The third kappa shape index (κ3) is 8.32. The third-order valence-corrected chi connectivity index (χ3v) is 5.40. The van der Waals surface area contributed by atoms with Gasteiger partial charge in [-0.05, 0) is 66.2 Å². The Kier molecular flexibility index (Phi) is 9.07. The van der Waals surface area contributed by atoms with Crippen molar-refractivity contribution in [2.75, 3.05) is 23.7 Å². The van der Waals surface area contributed by atoms with Crippen LogP contribution in [0.15, 0.2) is 36.4 Å². The zero-order valence-electron chi connectivity index (χ0n) is 15.7. The first-order valence-corrected chi connectivity index (χ1v) is 10.9. The monoisotopic (exact) mass is 508 g/mol. The van der Waals surface area contributed by atoms with Crippen molar-refractivity contribution < 1.29 is 0 Å². The summed E-state index contributed by atoms with van der Waals surface area (Å²) in [6.45, 7) is 5.40. The number of anilines is 2. The maximum Gasteiger partial charge on any atom is 0.170 e. The summed E-state index contributed by atoms with van der Waals surface area (Å²) in [5, 5.41) is 15.6. The highest BCUT2D eigenvalue weighted by atomic mass is 35.5. The summed E-state index contributed by atoms with van der Waals surface area (Å²) < 4.78 is 0. The summed E-state index contributed by atoms with van der Waals surface area (Å²) in [7, 11) is 0. The Labute approximate surface area is 201 Å². The van der Waals surface area contributed by atoms with Crippen molar-refractivity contribution in [2.45, 2.75) is 13.8 Å². The molecule has 0 aromatic heterocycles. The van der Waals surface area contributed by atoms with E-state index in [4.69, 9.17) is 70.8 Å². The van der Waals surface area contributed by atoms with Gasteiger partial charge < -0.3 is 21.3 Å². The van der Waals surface area contributed by atoms with E-state index in [1.54, 1.807) is 36.4 Å². The molecule has 0 radical (unpaired) electrons. The Hall–Kier alpha value is -1.02. The first-order valence-electron chi connectivity index (χ1n) is 8.55. The Morgan fingerprint density at radius 2 is 1.14 bits per heavy atom. The number of thiocarbonyl (C=S) groups is 2. The van der Waals surface area contributed by atoms with E-state index in [0.29, 0.717) is 54.8 Å². The summed E-state index contributed by atoms with van der Waals surface area (Å²) in [6, 6.07) is 10.3. The molecule has 2 aromatic carbocycles. The molecule has 0 aliphatic heterocycles. The zero-order valence-corrected chi connectivity index (χ0v) is 20.4. The highest BCUT2D eigenvalue weighted by Crippen LogP contribution is 2.26. The van der Waals surface area contributed by atoms with Crippen LogP contribution in [-0.2, 0) is 0 Å². The number of nitrogens with one attached hydrogen (secondary N) is 4. The Bertz CT molecular complexity index is 834. The van der Waals surface area contributed by atoms with Crippen molar-refractivity contribution >= 4 is 92.4 Å². The molecule has 4 N–H and O–H groups in total. The van der Waals surface area contributed by atoms with E-state index in [1.165, 1.54) is 0 Å². The maximum absolute atomic E-state index is 6.15. The fourth-order valence-corrected chi connectivity index (χ4v) is 3.49. The number of hydrogen-bond acceptors (Lipinski definition) is 2. The molecule has 0 heterocycles. The number of rotatable bonds is 6. The van der Waals surface area contributed by atoms with E-state index in [-0.39, 0.29) is 5.41 Å². The van der Waals surface area contributed by atoms with Crippen LogP contribution in [0.2, 0.25) is 20.1 Å². The molecule has 0 aliphatic carbocycles. The van der Waals surface area contributed by atoms with Crippen molar-refractivity contribution in [3.05, 3.63) is 56.5 Å². The summed E-state index contributed by atoms with van der Waals surface area (Å²) in [5.41, 5.74) is 1.23. The lowest BCUT2D eigenvalue weighted by atomic mass is 9.93. The van der Waals surface area contributed by atoms with Gasteiger partial charge in [0.1, 0.15) is 0 Å². The van der Waals surface area contributed by atoms with Crippen LogP contribution in [0.25, 0.3) is 0 Å². The largest absolute Gasteiger partial charge is 0.362 e. The molecule has 0 fully saturated rings. The van der Waals surface area contributed by atoms with Gasteiger partial charge in [0.25, 0.3) is 0 Å². The lowest BCUT2D eigenvalue weighted by Crippen LogP contribution is -2.44. The molecule has 0 amide bonds. The van der Waals surface area contributed by atoms with Crippen LogP contribution < -0.4 is 21.3 Å². The van der Waals surface area contributed by atoms with Crippen molar-refractivity contribution in [3.63, 3.8) is 0 Å². The predicted molar refractivity (Wildman–Crippen MR) is 135 cm³/mol. The summed E-state index contributed by atoms with van der Waals surface area (Å²) in [5.74, 6) is 0. The minimum atomic E-state index is -0.148. The van der Waals surface area contributed by atoms with Gasteiger partial charge in [-0.2, -0.15) is 0 Å². The Morgan fingerprint density at radius 1 is 0.759 bits per heavy atom. The fourth-order valence-electron chi connectivity index (χ4n) is 2.22. The van der Waals surface area contributed by atoms with Gasteiger partial charge in [-0.25, -0.2) is 0 Å². The molecule has 0 spiro atoms. The molecule has 0 bridgehead atoms. The topological polar surface area (TPSA) is 48.1 Å². The molecule has 2 rings (SSSR count). The van der Waals surface area contributed by atoms with E-state index in [2.05, 4.69) is 35.1 Å². The van der Waals surface area contributed by atoms with Gasteiger partial charge in [0.05, 0.1) is 21.4 Å². The summed E-state index contributed by atoms with van der Waals surface area (Å²) >= 11 is 34.8. The molecule has 0 saturated heterocycles. The van der Waals surface area contributed by atoms with Crippen LogP contribution in [0.4, 0.5) is 11.4 Å². The SMILES string of the molecule is CC(C)(CNC(=S)Nc1ccc(Cl)cc1Cl)CNC(=S)Nc1ccc(Cl)cc1Cl. The van der Waals surface area contributed by atoms with Crippen molar-refractivity contribution in [1.82, 2.24) is 10.6 Å². The standard InChI is InChI=1S/C19H20Cl4N4S2/c1-19(2,9-24-17(28)26-15-5-3-11(20)7-13(15)22)10-25-18(29)27-16-6-4-12(21)8-14(16)23/h3-8H,9-10H2,1-2H3,(H2,24,26,28)(H2,25,27,29). The van der Waals surface area contributed by atoms with E-state index in [0.717, 1.165) is 0 Å². The highest BCUT2D eigenvalue weighted by molar-refractivity contribution is 7.80. The van der Waals surface area contributed by atoms with Crippen molar-refractivity contribution in [3.8, 4) is 0 Å². The van der Waals surface area contributed by atoms with E-state index in [1.807, 2.05) is 0 Å². The number of benzene rings is 2. The second-order valence-corrected chi connectivity index (χ2v) is 9.53. The van der Waals surface area contributed by atoms with Crippen LogP contribution in [0.3, 0.4) is 0 Å². The highest BCUT2D eigenvalue weighted by Gasteiger charge is 2.19. The molecular weight excluding hydrogens is 490 g/mol. The normalized spacial score (nSPS) is 11.0. The van der Waals surface area contributed by atoms with Crippen LogP contribution in [0.1, 0.15) is 13.8 Å². The van der Waals surface area contributed by atoms with Crippen LogP contribution >= 0.6 is 70.8 Å². The quantitative estimate of drug-likeness (QED) is 0.329. The minimum absolute atomic E-state index is 0.148. The molecule has 10 heteroatoms. The van der Waals surface area contributed by atoms with Crippen LogP contribution in [0.5, 0.6) is 0 Å². The lowest BCUT2D eigenvalue weighted by molar-refractivity contribution is 0.362. The number of halogens is 4. The molecule has 2 aromatic rings. The van der Waals surface area contributed by atoms with Gasteiger partial charge in [-0.15, -0.1) is 0 Å². The minimum Gasteiger partial charge on any atom is -0.362 e. The molecule has 0 atom stereocenters.